The lowest BCUT2D eigenvalue weighted by Gasteiger charge is -2.43. The number of ether oxygens (including phenoxy) is 1. The summed E-state index contributed by atoms with van der Waals surface area (Å²) in [5, 5.41) is 10.2. The van der Waals surface area contributed by atoms with E-state index in [2.05, 4.69) is 6.92 Å². The van der Waals surface area contributed by atoms with Crippen LogP contribution >= 0.6 is 11.8 Å². The standard InChI is InChI=1S/C13H24O2S/c1-11(10-14)16-12-5-8-15-13(9-12)6-3-2-4-7-13/h11-12,14H,2-10H2,1H3. The molecule has 1 heterocycles. The van der Waals surface area contributed by atoms with E-state index < -0.39 is 0 Å². The van der Waals surface area contributed by atoms with Crippen LogP contribution in [-0.4, -0.2) is 34.4 Å². The minimum atomic E-state index is 0.212. The Hall–Kier alpha value is 0.270. The van der Waals surface area contributed by atoms with Crippen LogP contribution in [0.1, 0.15) is 51.9 Å². The Kier molecular flexibility index (Phi) is 4.57. The van der Waals surface area contributed by atoms with Crippen LogP contribution in [0.5, 0.6) is 0 Å². The molecule has 0 aromatic carbocycles. The van der Waals surface area contributed by atoms with E-state index in [-0.39, 0.29) is 5.60 Å². The first-order valence-corrected chi connectivity index (χ1v) is 7.59. The Morgan fingerprint density at radius 3 is 2.81 bits per heavy atom. The number of aliphatic hydroxyl groups is 1. The van der Waals surface area contributed by atoms with Crippen LogP contribution in [0.2, 0.25) is 0 Å². The van der Waals surface area contributed by atoms with Gasteiger partial charge >= 0.3 is 0 Å². The molecule has 0 amide bonds. The van der Waals surface area contributed by atoms with Crippen molar-refractivity contribution in [2.45, 2.75) is 68.0 Å². The maximum atomic E-state index is 9.12. The van der Waals surface area contributed by atoms with Crippen molar-refractivity contribution in [3.8, 4) is 0 Å². The topological polar surface area (TPSA) is 29.5 Å². The van der Waals surface area contributed by atoms with Crippen LogP contribution in [0.4, 0.5) is 0 Å². The molecule has 0 aromatic heterocycles. The number of aliphatic hydroxyl groups excluding tert-OH is 1. The molecule has 2 fully saturated rings. The Labute approximate surface area is 103 Å². The highest BCUT2D eigenvalue weighted by molar-refractivity contribution is 8.00. The Morgan fingerprint density at radius 2 is 2.12 bits per heavy atom. The van der Waals surface area contributed by atoms with Gasteiger partial charge < -0.3 is 9.84 Å². The number of rotatable bonds is 3. The van der Waals surface area contributed by atoms with Crippen molar-refractivity contribution in [1.29, 1.82) is 0 Å². The summed E-state index contributed by atoms with van der Waals surface area (Å²) in [6, 6.07) is 0. The first kappa shape index (κ1) is 12.7. The summed E-state index contributed by atoms with van der Waals surface area (Å²) < 4.78 is 6.08. The van der Waals surface area contributed by atoms with E-state index in [1.807, 2.05) is 11.8 Å². The van der Waals surface area contributed by atoms with Gasteiger partial charge in [-0.15, -0.1) is 0 Å². The van der Waals surface area contributed by atoms with Gasteiger partial charge in [-0.1, -0.05) is 26.2 Å². The second-order valence-electron chi connectivity index (χ2n) is 5.34. The van der Waals surface area contributed by atoms with Gasteiger partial charge in [-0.3, -0.25) is 0 Å². The van der Waals surface area contributed by atoms with Crippen LogP contribution < -0.4 is 0 Å². The lowest BCUT2D eigenvalue weighted by molar-refractivity contribution is -0.0971. The Balaban J connectivity index is 1.87. The van der Waals surface area contributed by atoms with Crippen molar-refractivity contribution in [2.24, 2.45) is 0 Å². The van der Waals surface area contributed by atoms with Gasteiger partial charge in [-0.05, 0) is 25.7 Å². The van der Waals surface area contributed by atoms with Crippen molar-refractivity contribution >= 4 is 11.8 Å². The summed E-state index contributed by atoms with van der Waals surface area (Å²) in [7, 11) is 0. The van der Waals surface area contributed by atoms with Crippen LogP contribution in [0.3, 0.4) is 0 Å². The fourth-order valence-electron chi connectivity index (χ4n) is 3.02. The van der Waals surface area contributed by atoms with Crippen molar-refractivity contribution < 1.29 is 9.84 Å². The quantitative estimate of drug-likeness (QED) is 0.827. The van der Waals surface area contributed by atoms with Crippen molar-refractivity contribution in [3.63, 3.8) is 0 Å². The van der Waals surface area contributed by atoms with Gasteiger partial charge in [0.2, 0.25) is 0 Å². The molecule has 2 rings (SSSR count). The van der Waals surface area contributed by atoms with E-state index in [0.717, 1.165) is 13.0 Å². The number of hydrogen-bond acceptors (Lipinski definition) is 3. The lowest BCUT2D eigenvalue weighted by Crippen LogP contribution is -2.42. The molecular formula is C13H24O2S. The third-order valence-corrected chi connectivity index (χ3v) is 5.30. The second-order valence-corrected chi connectivity index (χ2v) is 7.08. The van der Waals surface area contributed by atoms with Crippen LogP contribution in [0.15, 0.2) is 0 Å². The zero-order chi connectivity index (χ0) is 11.4. The monoisotopic (exact) mass is 244 g/mol. The summed E-state index contributed by atoms with van der Waals surface area (Å²) in [5.74, 6) is 0. The number of thioether (sulfide) groups is 1. The maximum Gasteiger partial charge on any atom is 0.0693 e. The SMILES string of the molecule is CC(CO)SC1CCOC2(CCCCC2)C1. The molecule has 2 aliphatic rings. The van der Waals surface area contributed by atoms with Gasteiger partial charge in [-0.2, -0.15) is 11.8 Å². The van der Waals surface area contributed by atoms with Crippen LogP contribution in [0.25, 0.3) is 0 Å². The molecule has 0 radical (unpaired) electrons. The third-order valence-electron chi connectivity index (χ3n) is 3.89. The van der Waals surface area contributed by atoms with Crippen molar-refractivity contribution in [3.05, 3.63) is 0 Å². The molecule has 0 bridgehead atoms. The second kappa shape index (κ2) is 5.74. The van der Waals surface area contributed by atoms with E-state index in [1.165, 1.54) is 38.5 Å². The van der Waals surface area contributed by atoms with Gasteiger partial charge in [0.05, 0.1) is 12.2 Å². The highest BCUT2D eigenvalue weighted by Gasteiger charge is 2.38. The molecule has 94 valence electrons. The molecule has 16 heavy (non-hydrogen) atoms. The molecule has 1 aliphatic heterocycles. The molecule has 0 aromatic rings. The summed E-state index contributed by atoms with van der Waals surface area (Å²) in [6.07, 6.45) is 8.96. The number of hydrogen-bond donors (Lipinski definition) is 1. The normalized spacial score (nSPS) is 31.5. The maximum absolute atomic E-state index is 9.12. The molecular weight excluding hydrogens is 220 g/mol. The predicted octanol–water partition coefficient (Wildman–Crippen LogP) is 2.98. The first-order chi connectivity index (χ1) is 7.74. The molecule has 1 N–H and O–H groups in total. The molecule has 2 unspecified atom stereocenters. The fraction of sp³-hybridized carbons (Fsp3) is 1.00. The minimum absolute atomic E-state index is 0.212. The summed E-state index contributed by atoms with van der Waals surface area (Å²) >= 11 is 1.96. The van der Waals surface area contributed by atoms with Gasteiger partial charge in [-0.25, -0.2) is 0 Å². The van der Waals surface area contributed by atoms with E-state index in [1.54, 1.807) is 0 Å². The highest BCUT2D eigenvalue weighted by atomic mass is 32.2. The van der Waals surface area contributed by atoms with E-state index in [9.17, 15) is 0 Å². The van der Waals surface area contributed by atoms with E-state index >= 15 is 0 Å². The zero-order valence-corrected chi connectivity index (χ0v) is 11.1. The molecule has 1 aliphatic carbocycles. The summed E-state index contributed by atoms with van der Waals surface area (Å²) in [4.78, 5) is 0. The smallest absolute Gasteiger partial charge is 0.0693 e. The Bertz CT molecular complexity index is 208. The van der Waals surface area contributed by atoms with Gasteiger partial charge in [0.1, 0.15) is 0 Å². The Morgan fingerprint density at radius 1 is 1.38 bits per heavy atom. The predicted molar refractivity (Wildman–Crippen MR) is 68.9 cm³/mol. The molecule has 1 saturated carbocycles. The summed E-state index contributed by atoms with van der Waals surface area (Å²) in [6.45, 7) is 3.35. The molecule has 2 nitrogen and oxygen atoms in total. The van der Waals surface area contributed by atoms with Crippen molar-refractivity contribution in [2.75, 3.05) is 13.2 Å². The largest absolute Gasteiger partial charge is 0.395 e. The highest BCUT2D eigenvalue weighted by Crippen LogP contribution is 2.42. The van der Waals surface area contributed by atoms with Crippen LogP contribution in [-0.2, 0) is 4.74 Å². The third kappa shape index (κ3) is 3.14. The first-order valence-electron chi connectivity index (χ1n) is 6.64. The fourth-order valence-corrected chi connectivity index (χ4v) is 4.39. The van der Waals surface area contributed by atoms with E-state index in [0.29, 0.717) is 17.1 Å². The zero-order valence-electron chi connectivity index (χ0n) is 10.3. The minimum Gasteiger partial charge on any atom is -0.395 e. The van der Waals surface area contributed by atoms with Gasteiger partial charge in [0.15, 0.2) is 0 Å². The van der Waals surface area contributed by atoms with Crippen molar-refractivity contribution in [1.82, 2.24) is 0 Å². The molecule has 1 saturated heterocycles. The van der Waals surface area contributed by atoms with Crippen LogP contribution in [0, 0.1) is 0 Å². The summed E-state index contributed by atoms with van der Waals surface area (Å²) in [5.41, 5.74) is 0.212. The average Bonchev–Trinajstić information content (AvgIpc) is 2.30. The average molecular weight is 244 g/mol. The van der Waals surface area contributed by atoms with Gasteiger partial charge in [0.25, 0.3) is 0 Å². The molecule has 1 spiro atoms. The molecule has 3 heteroatoms. The molecule has 2 atom stereocenters. The van der Waals surface area contributed by atoms with Gasteiger partial charge in [0, 0.05) is 17.1 Å². The lowest BCUT2D eigenvalue weighted by atomic mass is 9.80. The van der Waals surface area contributed by atoms with E-state index in [4.69, 9.17) is 9.84 Å².